The van der Waals surface area contributed by atoms with Gasteiger partial charge in [-0.25, -0.2) is 4.79 Å². The van der Waals surface area contributed by atoms with E-state index in [9.17, 15) is 4.79 Å². The number of hydrogen-bond donors (Lipinski definition) is 1. The molecule has 1 aliphatic carbocycles. The Kier molecular flexibility index (Phi) is 2.59. The van der Waals surface area contributed by atoms with Crippen LogP contribution in [0.2, 0.25) is 5.02 Å². The maximum Gasteiger partial charge on any atom is 0.411 e. The molecule has 0 saturated heterocycles. The van der Waals surface area contributed by atoms with E-state index < -0.39 is 6.09 Å². The van der Waals surface area contributed by atoms with Crippen LogP contribution in [0.15, 0.2) is 24.3 Å². The summed E-state index contributed by atoms with van der Waals surface area (Å²) >= 11 is 5.75. The highest BCUT2D eigenvalue weighted by atomic mass is 35.5. The molecule has 0 heterocycles. The Bertz CT molecular complexity index is 350. The van der Waals surface area contributed by atoms with E-state index in [0.717, 1.165) is 12.8 Å². The van der Waals surface area contributed by atoms with Crippen molar-refractivity contribution in [3.63, 3.8) is 0 Å². The molecule has 1 amide bonds. The monoisotopic (exact) mass is 211 g/mol. The van der Waals surface area contributed by atoms with Gasteiger partial charge in [0.25, 0.3) is 0 Å². The number of anilines is 1. The van der Waals surface area contributed by atoms with Crippen LogP contribution in [0.1, 0.15) is 12.8 Å². The number of halogens is 1. The summed E-state index contributed by atoms with van der Waals surface area (Å²) in [5.41, 5.74) is 0.656. The minimum atomic E-state index is -0.408. The summed E-state index contributed by atoms with van der Waals surface area (Å²) in [6.45, 7) is 0. The molecule has 14 heavy (non-hydrogen) atoms. The molecule has 2 rings (SSSR count). The Morgan fingerprint density at radius 3 is 2.93 bits per heavy atom. The number of nitrogens with one attached hydrogen (secondary N) is 1. The van der Waals surface area contributed by atoms with Gasteiger partial charge >= 0.3 is 6.09 Å². The summed E-state index contributed by atoms with van der Waals surface area (Å²) in [4.78, 5) is 11.2. The Morgan fingerprint density at radius 2 is 2.29 bits per heavy atom. The second-order valence-electron chi connectivity index (χ2n) is 3.24. The molecule has 3 nitrogen and oxygen atoms in total. The predicted octanol–water partition coefficient (Wildman–Crippen LogP) is 3.05. The third-order valence-corrected chi connectivity index (χ3v) is 2.10. The lowest BCUT2D eigenvalue weighted by Gasteiger charge is -2.05. The zero-order valence-electron chi connectivity index (χ0n) is 7.50. The van der Waals surface area contributed by atoms with Crippen molar-refractivity contribution < 1.29 is 9.53 Å². The van der Waals surface area contributed by atoms with Crippen LogP contribution in [0, 0.1) is 0 Å². The lowest BCUT2D eigenvalue weighted by atomic mass is 10.3. The molecule has 0 bridgehead atoms. The van der Waals surface area contributed by atoms with Gasteiger partial charge in [0.15, 0.2) is 0 Å². The van der Waals surface area contributed by atoms with Crippen molar-refractivity contribution in [3.05, 3.63) is 29.3 Å². The maximum atomic E-state index is 11.2. The Labute approximate surface area is 87.0 Å². The van der Waals surface area contributed by atoms with Gasteiger partial charge in [-0.15, -0.1) is 0 Å². The van der Waals surface area contributed by atoms with Crippen LogP contribution in [-0.4, -0.2) is 12.2 Å². The zero-order chi connectivity index (χ0) is 9.97. The highest BCUT2D eigenvalue weighted by Gasteiger charge is 2.25. The quantitative estimate of drug-likeness (QED) is 0.817. The van der Waals surface area contributed by atoms with Gasteiger partial charge in [0.05, 0.1) is 0 Å². The SMILES string of the molecule is O=C(Nc1cccc(Cl)c1)OC1CC1. The third-order valence-electron chi connectivity index (χ3n) is 1.87. The van der Waals surface area contributed by atoms with Gasteiger partial charge < -0.3 is 4.74 Å². The molecule has 1 saturated carbocycles. The van der Waals surface area contributed by atoms with E-state index in [-0.39, 0.29) is 6.10 Å². The lowest BCUT2D eigenvalue weighted by molar-refractivity contribution is 0.154. The van der Waals surface area contributed by atoms with Crippen molar-refractivity contribution in [2.75, 3.05) is 5.32 Å². The van der Waals surface area contributed by atoms with Crippen LogP contribution < -0.4 is 5.32 Å². The molecule has 1 fully saturated rings. The number of carbonyl (C=O) groups is 1. The molecule has 0 atom stereocenters. The first-order valence-corrected chi connectivity index (χ1v) is 4.85. The van der Waals surface area contributed by atoms with Crippen molar-refractivity contribution in [1.29, 1.82) is 0 Å². The molecular weight excluding hydrogens is 202 g/mol. The number of ether oxygens (including phenoxy) is 1. The first-order chi connectivity index (χ1) is 6.74. The van der Waals surface area contributed by atoms with Crippen LogP contribution in [0.4, 0.5) is 10.5 Å². The predicted molar refractivity (Wildman–Crippen MR) is 54.6 cm³/mol. The standard InChI is InChI=1S/C10H10ClNO2/c11-7-2-1-3-8(6-7)12-10(13)14-9-4-5-9/h1-3,6,9H,4-5H2,(H,12,13). The molecule has 0 spiro atoms. The third kappa shape index (κ3) is 2.64. The molecule has 0 unspecified atom stereocenters. The van der Waals surface area contributed by atoms with Crippen LogP contribution in [-0.2, 0) is 4.74 Å². The van der Waals surface area contributed by atoms with Crippen LogP contribution in [0.25, 0.3) is 0 Å². The van der Waals surface area contributed by atoms with Crippen LogP contribution in [0.3, 0.4) is 0 Å². The first-order valence-electron chi connectivity index (χ1n) is 4.47. The second kappa shape index (κ2) is 3.88. The molecule has 1 aromatic carbocycles. The van der Waals surface area contributed by atoms with Crippen molar-refractivity contribution in [1.82, 2.24) is 0 Å². The van der Waals surface area contributed by atoms with E-state index in [1.54, 1.807) is 24.3 Å². The van der Waals surface area contributed by atoms with E-state index in [1.807, 2.05) is 0 Å². The summed E-state index contributed by atoms with van der Waals surface area (Å²) in [5, 5.41) is 3.20. The van der Waals surface area contributed by atoms with Gasteiger partial charge in [-0.2, -0.15) is 0 Å². The van der Waals surface area contributed by atoms with E-state index in [4.69, 9.17) is 16.3 Å². The highest BCUT2D eigenvalue weighted by Crippen LogP contribution is 2.24. The second-order valence-corrected chi connectivity index (χ2v) is 3.68. The van der Waals surface area contributed by atoms with E-state index in [1.165, 1.54) is 0 Å². The van der Waals surface area contributed by atoms with Crippen LogP contribution in [0.5, 0.6) is 0 Å². The van der Waals surface area contributed by atoms with Gasteiger partial charge in [-0.3, -0.25) is 5.32 Å². The molecule has 4 heteroatoms. The largest absolute Gasteiger partial charge is 0.446 e. The van der Waals surface area contributed by atoms with E-state index in [0.29, 0.717) is 10.7 Å². The average molecular weight is 212 g/mol. The van der Waals surface area contributed by atoms with Crippen molar-refractivity contribution >= 4 is 23.4 Å². The average Bonchev–Trinajstić information content (AvgIpc) is 2.87. The summed E-state index contributed by atoms with van der Waals surface area (Å²) in [5.74, 6) is 0. The zero-order valence-corrected chi connectivity index (χ0v) is 8.25. The lowest BCUT2D eigenvalue weighted by Crippen LogP contribution is -2.14. The molecule has 0 aliphatic heterocycles. The minimum Gasteiger partial charge on any atom is -0.446 e. The van der Waals surface area contributed by atoms with Crippen molar-refractivity contribution in [2.45, 2.75) is 18.9 Å². The highest BCUT2D eigenvalue weighted by molar-refractivity contribution is 6.30. The number of amides is 1. The van der Waals surface area contributed by atoms with Crippen molar-refractivity contribution in [3.8, 4) is 0 Å². The van der Waals surface area contributed by atoms with Gasteiger partial charge in [-0.1, -0.05) is 17.7 Å². The fourth-order valence-corrected chi connectivity index (χ4v) is 1.24. The topological polar surface area (TPSA) is 38.3 Å². The number of rotatable bonds is 2. The molecule has 0 aromatic heterocycles. The van der Waals surface area contributed by atoms with Gasteiger partial charge in [-0.05, 0) is 31.0 Å². The fourth-order valence-electron chi connectivity index (χ4n) is 1.05. The molecular formula is C10H10ClNO2. The molecule has 1 aromatic rings. The molecule has 1 aliphatic rings. The Balaban J connectivity index is 1.92. The number of carbonyl (C=O) groups excluding carboxylic acids is 1. The Hall–Kier alpha value is -1.22. The van der Waals surface area contributed by atoms with Gasteiger partial charge in [0.1, 0.15) is 6.10 Å². The molecule has 0 radical (unpaired) electrons. The minimum absolute atomic E-state index is 0.120. The summed E-state index contributed by atoms with van der Waals surface area (Å²) in [7, 11) is 0. The molecule has 1 N–H and O–H groups in total. The summed E-state index contributed by atoms with van der Waals surface area (Å²) in [6, 6.07) is 6.96. The number of hydrogen-bond acceptors (Lipinski definition) is 2. The summed E-state index contributed by atoms with van der Waals surface area (Å²) in [6.07, 6.45) is 1.66. The fraction of sp³-hybridized carbons (Fsp3) is 0.300. The van der Waals surface area contributed by atoms with Crippen molar-refractivity contribution in [2.24, 2.45) is 0 Å². The smallest absolute Gasteiger partial charge is 0.411 e. The normalized spacial score (nSPS) is 14.9. The van der Waals surface area contributed by atoms with E-state index in [2.05, 4.69) is 5.32 Å². The summed E-state index contributed by atoms with van der Waals surface area (Å²) < 4.78 is 5.01. The maximum absolute atomic E-state index is 11.2. The van der Waals surface area contributed by atoms with Crippen LogP contribution >= 0.6 is 11.6 Å². The molecule has 74 valence electrons. The Morgan fingerprint density at radius 1 is 1.50 bits per heavy atom. The first kappa shape index (κ1) is 9.34. The number of benzene rings is 1. The van der Waals surface area contributed by atoms with E-state index >= 15 is 0 Å². The van der Waals surface area contributed by atoms with Gasteiger partial charge in [0, 0.05) is 10.7 Å². The van der Waals surface area contributed by atoms with Gasteiger partial charge in [0.2, 0.25) is 0 Å².